The summed E-state index contributed by atoms with van der Waals surface area (Å²) < 4.78 is 0. The SMILES string of the molecule is CC(C)(C=NO)CCC#N. The fraction of sp³-hybridized carbons (Fsp3) is 0.714. The summed E-state index contributed by atoms with van der Waals surface area (Å²) in [4.78, 5) is 0. The maximum Gasteiger partial charge on any atom is 0.0622 e. The van der Waals surface area contributed by atoms with Gasteiger partial charge in [-0.15, -0.1) is 5.16 Å². The zero-order valence-corrected chi connectivity index (χ0v) is 6.33. The van der Waals surface area contributed by atoms with Crippen molar-refractivity contribution in [3.63, 3.8) is 0 Å². The van der Waals surface area contributed by atoms with Crippen molar-refractivity contribution in [3.05, 3.63) is 0 Å². The molecule has 0 aromatic heterocycles. The molecule has 0 aliphatic heterocycles. The lowest BCUT2D eigenvalue weighted by Crippen LogP contribution is -2.12. The number of hydrogen-bond acceptors (Lipinski definition) is 3. The number of hydrogen-bond donors (Lipinski definition) is 1. The van der Waals surface area contributed by atoms with E-state index < -0.39 is 0 Å². The van der Waals surface area contributed by atoms with Crippen molar-refractivity contribution >= 4 is 6.21 Å². The molecule has 0 fully saturated rings. The van der Waals surface area contributed by atoms with Gasteiger partial charge >= 0.3 is 0 Å². The van der Waals surface area contributed by atoms with Crippen LogP contribution in [0.2, 0.25) is 0 Å². The van der Waals surface area contributed by atoms with Crippen LogP contribution >= 0.6 is 0 Å². The minimum absolute atomic E-state index is 0.162. The second-order valence-electron chi connectivity index (χ2n) is 2.89. The van der Waals surface area contributed by atoms with Gasteiger partial charge in [-0.25, -0.2) is 0 Å². The summed E-state index contributed by atoms with van der Waals surface area (Å²) in [5.41, 5.74) is -0.162. The van der Waals surface area contributed by atoms with Crippen molar-refractivity contribution < 1.29 is 5.21 Å². The van der Waals surface area contributed by atoms with Gasteiger partial charge in [0.25, 0.3) is 0 Å². The van der Waals surface area contributed by atoms with E-state index in [0.717, 1.165) is 6.42 Å². The maximum absolute atomic E-state index is 8.24. The first-order valence-electron chi connectivity index (χ1n) is 3.18. The quantitative estimate of drug-likeness (QED) is 0.369. The van der Waals surface area contributed by atoms with Crippen molar-refractivity contribution in [2.75, 3.05) is 0 Å². The van der Waals surface area contributed by atoms with Crippen LogP contribution in [-0.2, 0) is 0 Å². The smallest absolute Gasteiger partial charge is 0.0622 e. The van der Waals surface area contributed by atoms with Crippen LogP contribution in [0.15, 0.2) is 5.16 Å². The Morgan fingerprint density at radius 3 is 2.70 bits per heavy atom. The summed E-state index contributed by atoms with van der Waals surface area (Å²) >= 11 is 0. The number of nitriles is 1. The molecule has 0 heterocycles. The van der Waals surface area contributed by atoms with E-state index in [0.29, 0.717) is 6.42 Å². The number of rotatable bonds is 3. The van der Waals surface area contributed by atoms with Gasteiger partial charge in [0.1, 0.15) is 0 Å². The molecule has 0 spiro atoms. The monoisotopic (exact) mass is 140 g/mol. The van der Waals surface area contributed by atoms with E-state index in [9.17, 15) is 0 Å². The van der Waals surface area contributed by atoms with Crippen LogP contribution in [0.4, 0.5) is 0 Å². The average Bonchev–Trinajstić information content (AvgIpc) is 1.84. The predicted molar refractivity (Wildman–Crippen MR) is 38.9 cm³/mol. The summed E-state index contributed by atoms with van der Waals surface area (Å²) in [7, 11) is 0. The minimum Gasteiger partial charge on any atom is -0.411 e. The minimum atomic E-state index is -0.162. The van der Waals surface area contributed by atoms with Crippen LogP contribution in [0.25, 0.3) is 0 Å². The van der Waals surface area contributed by atoms with E-state index in [1.807, 2.05) is 19.9 Å². The van der Waals surface area contributed by atoms with E-state index in [4.69, 9.17) is 10.5 Å². The standard InChI is InChI=1S/C7H12N2O/c1-7(2,6-9-10)4-3-5-8/h6,10H,3-4H2,1-2H3. The third-order valence-electron chi connectivity index (χ3n) is 1.29. The van der Waals surface area contributed by atoms with Gasteiger partial charge in [0.15, 0.2) is 0 Å². The van der Waals surface area contributed by atoms with E-state index in [1.165, 1.54) is 6.21 Å². The van der Waals surface area contributed by atoms with E-state index in [1.54, 1.807) is 0 Å². The average molecular weight is 140 g/mol. The predicted octanol–water partition coefficient (Wildman–Crippen LogP) is 1.78. The molecule has 0 aromatic carbocycles. The fourth-order valence-electron chi connectivity index (χ4n) is 0.599. The molecule has 56 valence electrons. The molecule has 0 rings (SSSR count). The Morgan fingerprint density at radius 1 is 1.70 bits per heavy atom. The molecule has 1 N–H and O–H groups in total. The molecule has 0 saturated carbocycles. The van der Waals surface area contributed by atoms with Crippen LogP contribution in [0.3, 0.4) is 0 Å². The van der Waals surface area contributed by atoms with Gasteiger partial charge in [-0.05, 0) is 6.42 Å². The Kier molecular flexibility index (Phi) is 3.48. The molecule has 0 unspecified atom stereocenters. The molecule has 0 aromatic rings. The number of oxime groups is 1. The van der Waals surface area contributed by atoms with Gasteiger partial charge in [0, 0.05) is 18.1 Å². The fourth-order valence-corrected chi connectivity index (χ4v) is 0.599. The molecule has 0 aliphatic rings. The Bertz CT molecular complexity index is 155. The largest absolute Gasteiger partial charge is 0.411 e. The van der Waals surface area contributed by atoms with Gasteiger partial charge in [0.2, 0.25) is 0 Å². The van der Waals surface area contributed by atoms with Crippen molar-refractivity contribution in [3.8, 4) is 6.07 Å². The van der Waals surface area contributed by atoms with Crippen molar-refractivity contribution in [2.24, 2.45) is 10.6 Å². The van der Waals surface area contributed by atoms with E-state index >= 15 is 0 Å². The highest BCUT2D eigenvalue weighted by Gasteiger charge is 2.13. The Hall–Kier alpha value is -1.04. The zero-order valence-electron chi connectivity index (χ0n) is 6.33. The van der Waals surface area contributed by atoms with Crippen LogP contribution < -0.4 is 0 Å². The van der Waals surface area contributed by atoms with Gasteiger partial charge in [-0.1, -0.05) is 13.8 Å². The van der Waals surface area contributed by atoms with Crippen LogP contribution in [0, 0.1) is 16.7 Å². The summed E-state index contributed by atoms with van der Waals surface area (Å²) in [6.45, 7) is 3.84. The van der Waals surface area contributed by atoms with Crippen LogP contribution in [0.5, 0.6) is 0 Å². The van der Waals surface area contributed by atoms with Gasteiger partial charge in [-0.2, -0.15) is 5.26 Å². The topological polar surface area (TPSA) is 56.4 Å². The van der Waals surface area contributed by atoms with Crippen molar-refractivity contribution in [1.29, 1.82) is 5.26 Å². The van der Waals surface area contributed by atoms with Crippen molar-refractivity contribution in [1.82, 2.24) is 0 Å². The normalized spacial score (nSPS) is 11.7. The molecule has 3 nitrogen and oxygen atoms in total. The first-order chi connectivity index (χ1) is 4.62. The highest BCUT2D eigenvalue weighted by atomic mass is 16.4. The van der Waals surface area contributed by atoms with Crippen LogP contribution in [0.1, 0.15) is 26.7 Å². The first kappa shape index (κ1) is 8.96. The third-order valence-corrected chi connectivity index (χ3v) is 1.29. The maximum atomic E-state index is 8.24. The highest BCUT2D eigenvalue weighted by Crippen LogP contribution is 2.18. The molecule has 3 heteroatoms. The third kappa shape index (κ3) is 3.90. The van der Waals surface area contributed by atoms with E-state index in [2.05, 4.69) is 5.16 Å². The molecule has 0 amide bonds. The summed E-state index contributed by atoms with van der Waals surface area (Å²) in [6.07, 6.45) is 2.68. The molecular formula is C7H12N2O. The number of nitrogens with zero attached hydrogens (tertiary/aromatic N) is 2. The molecular weight excluding hydrogens is 128 g/mol. The summed E-state index contributed by atoms with van der Waals surface area (Å²) in [6, 6.07) is 2.04. The lowest BCUT2D eigenvalue weighted by Gasteiger charge is -2.15. The Labute approximate surface area is 61.0 Å². The van der Waals surface area contributed by atoms with Crippen molar-refractivity contribution in [2.45, 2.75) is 26.7 Å². The second kappa shape index (κ2) is 3.89. The van der Waals surface area contributed by atoms with Crippen LogP contribution in [-0.4, -0.2) is 11.4 Å². The first-order valence-corrected chi connectivity index (χ1v) is 3.18. The second-order valence-corrected chi connectivity index (χ2v) is 2.89. The summed E-state index contributed by atoms with van der Waals surface area (Å²) in [5.74, 6) is 0. The molecule has 0 radical (unpaired) electrons. The van der Waals surface area contributed by atoms with E-state index in [-0.39, 0.29) is 5.41 Å². The lowest BCUT2D eigenvalue weighted by molar-refractivity contribution is 0.312. The lowest BCUT2D eigenvalue weighted by atomic mass is 9.90. The Balaban J connectivity index is 3.77. The molecule has 0 bridgehead atoms. The van der Waals surface area contributed by atoms with Gasteiger partial charge in [-0.3, -0.25) is 0 Å². The molecule has 0 saturated heterocycles. The summed E-state index contributed by atoms with van der Waals surface area (Å²) in [5, 5.41) is 19.4. The molecule has 0 aliphatic carbocycles. The van der Waals surface area contributed by atoms with Gasteiger partial charge in [0.05, 0.1) is 6.07 Å². The zero-order chi connectivity index (χ0) is 8.04. The highest BCUT2D eigenvalue weighted by molar-refractivity contribution is 5.63. The molecule has 0 atom stereocenters. The Morgan fingerprint density at radius 2 is 2.30 bits per heavy atom. The van der Waals surface area contributed by atoms with Gasteiger partial charge < -0.3 is 5.21 Å². The molecule has 10 heavy (non-hydrogen) atoms.